The quantitative estimate of drug-likeness (QED) is 0.573. The van der Waals surface area contributed by atoms with Gasteiger partial charge in [0.2, 0.25) is 0 Å². The fourth-order valence-corrected chi connectivity index (χ4v) is 1.76. The third-order valence-electron chi connectivity index (χ3n) is 2.71. The highest BCUT2D eigenvalue weighted by Crippen LogP contribution is 2.13. The van der Waals surface area contributed by atoms with E-state index in [0.29, 0.717) is 12.2 Å². The molecule has 0 unspecified atom stereocenters. The number of carbonyl (C=O) groups excluding carboxylic acids is 2. The summed E-state index contributed by atoms with van der Waals surface area (Å²) in [5.74, 6) is -0.295. The van der Waals surface area contributed by atoms with Crippen molar-refractivity contribution in [2.24, 2.45) is 0 Å². The van der Waals surface area contributed by atoms with Crippen LogP contribution in [0.3, 0.4) is 0 Å². The van der Waals surface area contributed by atoms with E-state index in [1.54, 1.807) is 0 Å². The number of hydrogen-bond donors (Lipinski definition) is 0. The molecule has 0 radical (unpaired) electrons. The first-order valence-corrected chi connectivity index (χ1v) is 6.30. The summed E-state index contributed by atoms with van der Waals surface area (Å²) < 4.78 is 4.94. The number of esters is 1. The van der Waals surface area contributed by atoms with E-state index < -0.39 is 0 Å². The number of Topliss-reactive ketones (excluding diaryl/α,β-unsaturated/α-hetero) is 1. The number of ether oxygens (including phenoxy) is 1. The normalized spacial score (nSPS) is 10.2. The van der Waals surface area contributed by atoms with Gasteiger partial charge in [-0.15, -0.1) is 0 Å². The zero-order valence-electron chi connectivity index (χ0n) is 11.3. The van der Waals surface area contributed by atoms with Crippen molar-refractivity contribution in [2.75, 3.05) is 6.61 Å². The van der Waals surface area contributed by atoms with Crippen LogP contribution in [0.5, 0.6) is 0 Å². The highest BCUT2D eigenvalue weighted by atomic mass is 16.5. The van der Waals surface area contributed by atoms with Gasteiger partial charge < -0.3 is 4.74 Å². The molecule has 0 N–H and O–H groups in total. The minimum Gasteiger partial charge on any atom is -0.466 e. The topological polar surface area (TPSA) is 43.4 Å². The molecular weight excluding hydrogens is 228 g/mol. The predicted molar refractivity (Wildman–Crippen MR) is 70.7 cm³/mol. The third kappa shape index (κ3) is 4.32. The predicted octanol–water partition coefficient (Wildman–Crippen LogP) is 3.22. The van der Waals surface area contributed by atoms with E-state index in [9.17, 15) is 9.59 Å². The summed E-state index contributed by atoms with van der Waals surface area (Å²) in [6.45, 7) is 6.27. The van der Waals surface area contributed by atoms with Gasteiger partial charge in [-0.25, -0.2) is 0 Å². The van der Waals surface area contributed by atoms with Crippen LogP contribution in [0, 0.1) is 13.8 Å². The van der Waals surface area contributed by atoms with E-state index in [0.717, 1.165) is 17.5 Å². The zero-order chi connectivity index (χ0) is 13.5. The Morgan fingerprint density at radius 1 is 1.17 bits per heavy atom. The maximum atomic E-state index is 11.9. The summed E-state index contributed by atoms with van der Waals surface area (Å²) in [6.07, 6.45) is 1.18. The van der Waals surface area contributed by atoms with E-state index in [1.807, 2.05) is 39.0 Å². The first kappa shape index (κ1) is 14.4. The minimum atomic E-state index is -0.296. The van der Waals surface area contributed by atoms with Crippen molar-refractivity contribution < 1.29 is 14.3 Å². The maximum Gasteiger partial charge on any atom is 0.306 e. The van der Waals surface area contributed by atoms with Crippen LogP contribution in [0.2, 0.25) is 0 Å². The molecule has 0 aliphatic carbocycles. The summed E-state index contributed by atoms with van der Waals surface area (Å²) in [6, 6.07) is 5.71. The lowest BCUT2D eigenvalue weighted by molar-refractivity contribution is -0.143. The maximum absolute atomic E-state index is 11.9. The molecule has 0 heterocycles. The molecule has 0 spiro atoms. The van der Waals surface area contributed by atoms with Gasteiger partial charge in [-0.3, -0.25) is 9.59 Å². The zero-order valence-corrected chi connectivity index (χ0v) is 11.3. The molecule has 0 amide bonds. The molecule has 0 aliphatic heterocycles. The van der Waals surface area contributed by atoms with Crippen LogP contribution in [0.25, 0.3) is 0 Å². The molecule has 1 aromatic rings. The van der Waals surface area contributed by atoms with Crippen molar-refractivity contribution in [3.8, 4) is 0 Å². The van der Waals surface area contributed by atoms with Crippen LogP contribution in [0.4, 0.5) is 0 Å². The molecule has 1 rings (SSSR count). The summed E-state index contributed by atoms with van der Waals surface area (Å²) in [5, 5.41) is 0. The van der Waals surface area contributed by atoms with Crippen molar-refractivity contribution >= 4 is 11.8 Å². The molecule has 18 heavy (non-hydrogen) atoms. The van der Waals surface area contributed by atoms with Gasteiger partial charge in [0.05, 0.1) is 13.0 Å². The molecule has 3 nitrogen and oxygen atoms in total. The Morgan fingerprint density at radius 3 is 2.50 bits per heavy atom. The van der Waals surface area contributed by atoms with Gasteiger partial charge in [0.15, 0.2) is 5.78 Å². The van der Waals surface area contributed by atoms with Gasteiger partial charge in [0.1, 0.15) is 0 Å². The Labute approximate surface area is 108 Å². The molecule has 0 saturated heterocycles. The fraction of sp³-hybridized carbons (Fsp3) is 0.467. The van der Waals surface area contributed by atoms with E-state index in [4.69, 9.17) is 4.74 Å². The molecule has 0 saturated carbocycles. The van der Waals surface area contributed by atoms with E-state index >= 15 is 0 Å². The Balaban J connectivity index is 2.53. The Bertz CT molecular complexity index is 435. The summed E-state index contributed by atoms with van der Waals surface area (Å²) in [4.78, 5) is 23.2. The van der Waals surface area contributed by atoms with Gasteiger partial charge in [-0.05, 0) is 25.8 Å². The van der Waals surface area contributed by atoms with Crippen LogP contribution < -0.4 is 0 Å². The van der Waals surface area contributed by atoms with Gasteiger partial charge in [0, 0.05) is 12.0 Å². The van der Waals surface area contributed by atoms with Gasteiger partial charge in [-0.1, -0.05) is 30.7 Å². The van der Waals surface area contributed by atoms with E-state index in [-0.39, 0.29) is 24.6 Å². The van der Waals surface area contributed by atoms with Crippen molar-refractivity contribution in [2.45, 2.75) is 40.0 Å². The highest BCUT2D eigenvalue weighted by molar-refractivity contribution is 5.98. The average molecular weight is 248 g/mol. The molecule has 0 aromatic heterocycles. The van der Waals surface area contributed by atoms with Crippen LogP contribution >= 0.6 is 0 Å². The largest absolute Gasteiger partial charge is 0.466 e. The molecule has 3 heteroatoms. The number of rotatable bonds is 6. The fourth-order valence-electron chi connectivity index (χ4n) is 1.76. The van der Waals surface area contributed by atoms with Gasteiger partial charge in [0.25, 0.3) is 0 Å². The third-order valence-corrected chi connectivity index (χ3v) is 2.71. The first-order chi connectivity index (χ1) is 8.54. The number of ketones is 1. The number of hydrogen-bond acceptors (Lipinski definition) is 3. The molecule has 0 atom stereocenters. The van der Waals surface area contributed by atoms with Gasteiger partial charge >= 0.3 is 5.97 Å². The Morgan fingerprint density at radius 2 is 1.89 bits per heavy atom. The lowest BCUT2D eigenvalue weighted by Crippen LogP contribution is -2.09. The van der Waals surface area contributed by atoms with Crippen molar-refractivity contribution in [3.63, 3.8) is 0 Å². The summed E-state index contributed by atoms with van der Waals surface area (Å²) >= 11 is 0. The second-order valence-corrected chi connectivity index (χ2v) is 4.46. The van der Waals surface area contributed by atoms with Crippen LogP contribution in [-0.2, 0) is 9.53 Å². The van der Waals surface area contributed by atoms with Crippen LogP contribution in [-0.4, -0.2) is 18.4 Å². The average Bonchev–Trinajstić information content (AvgIpc) is 2.33. The number of aryl methyl sites for hydroxylation is 2. The van der Waals surface area contributed by atoms with Crippen molar-refractivity contribution in [3.05, 3.63) is 34.9 Å². The highest BCUT2D eigenvalue weighted by Gasteiger charge is 2.12. The minimum absolute atomic E-state index is 0.000878. The summed E-state index contributed by atoms with van der Waals surface area (Å²) in [5.41, 5.74) is 2.79. The Kier molecular flexibility index (Phi) is 5.56. The Hall–Kier alpha value is -1.64. The monoisotopic (exact) mass is 248 g/mol. The van der Waals surface area contributed by atoms with Crippen molar-refractivity contribution in [1.29, 1.82) is 0 Å². The standard InChI is InChI=1S/C15H20O3/c1-4-9-18-15(17)8-7-14(16)13-6-5-11(2)10-12(13)3/h5-6,10H,4,7-9H2,1-3H3. The van der Waals surface area contributed by atoms with Crippen molar-refractivity contribution in [1.82, 2.24) is 0 Å². The molecule has 1 aromatic carbocycles. The molecule has 0 aliphatic rings. The first-order valence-electron chi connectivity index (χ1n) is 6.30. The number of benzene rings is 1. The van der Waals surface area contributed by atoms with Crippen LogP contribution in [0.15, 0.2) is 18.2 Å². The molecule has 0 bridgehead atoms. The molecule has 0 fully saturated rings. The SMILES string of the molecule is CCCOC(=O)CCC(=O)c1ccc(C)cc1C. The second-order valence-electron chi connectivity index (χ2n) is 4.46. The summed E-state index contributed by atoms with van der Waals surface area (Å²) in [7, 11) is 0. The van der Waals surface area contributed by atoms with Crippen LogP contribution in [0.1, 0.15) is 47.7 Å². The lowest BCUT2D eigenvalue weighted by atomic mass is 10.00. The molecule has 98 valence electrons. The van der Waals surface area contributed by atoms with E-state index in [2.05, 4.69) is 0 Å². The van der Waals surface area contributed by atoms with E-state index in [1.165, 1.54) is 0 Å². The second kappa shape index (κ2) is 6.94. The smallest absolute Gasteiger partial charge is 0.306 e. The number of carbonyl (C=O) groups is 2. The molecular formula is C15H20O3. The lowest BCUT2D eigenvalue weighted by Gasteiger charge is -2.06. The van der Waals surface area contributed by atoms with Gasteiger partial charge in [-0.2, -0.15) is 0 Å².